The van der Waals surface area contributed by atoms with E-state index in [9.17, 15) is 13.2 Å². The van der Waals surface area contributed by atoms with Gasteiger partial charge in [0.15, 0.2) is 5.69 Å². The second-order valence-corrected chi connectivity index (χ2v) is 5.78. The predicted molar refractivity (Wildman–Crippen MR) is 75.3 cm³/mol. The Bertz CT molecular complexity index is 644. The second kappa shape index (κ2) is 4.87. The third kappa shape index (κ3) is 2.81. The highest BCUT2D eigenvalue weighted by molar-refractivity contribution is 5.49. The van der Waals surface area contributed by atoms with Gasteiger partial charge in [-0.15, -0.1) is 0 Å². The van der Waals surface area contributed by atoms with E-state index in [-0.39, 0.29) is 5.56 Å². The molecule has 0 spiro atoms. The van der Waals surface area contributed by atoms with Gasteiger partial charge in [-0.2, -0.15) is 18.3 Å². The van der Waals surface area contributed by atoms with Gasteiger partial charge in [0.05, 0.1) is 11.9 Å². The van der Waals surface area contributed by atoms with Gasteiger partial charge in [-0.05, 0) is 38.8 Å². The van der Waals surface area contributed by atoms with Gasteiger partial charge in [-0.3, -0.25) is 0 Å². The minimum atomic E-state index is -4.53. The summed E-state index contributed by atoms with van der Waals surface area (Å²) in [5.74, 6) is 0. The molecule has 0 bridgehead atoms. The Morgan fingerprint density at radius 2 is 1.62 bits per heavy atom. The van der Waals surface area contributed by atoms with E-state index in [0.717, 1.165) is 15.8 Å². The normalized spacial score (nSPS) is 12.8. The zero-order valence-electron chi connectivity index (χ0n) is 12.4. The van der Waals surface area contributed by atoms with Crippen LogP contribution in [-0.4, -0.2) is 9.78 Å². The number of hydrogen-bond donors (Lipinski definition) is 1. The lowest BCUT2D eigenvalue weighted by molar-refractivity contribution is -0.144. The molecular formula is C15H18F3N3. The van der Waals surface area contributed by atoms with Crippen LogP contribution in [0.25, 0.3) is 5.69 Å². The molecule has 0 saturated heterocycles. The van der Waals surface area contributed by atoms with Crippen molar-refractivity contribution in [1.82, 2.24) is 9.78 Å². The number of para-hydroxylation sites is 1. The molecular weight excluding hydrogens is 279 g/mol. The monoisotopic (exact) mass is 297 g/mol. The molecule has 0 atom stereocenters. The van der Waals surface area contributed by atoms with Crippen LogP contribution in [0.2, 0.25) is 0 Å². The average molecular weight is 297 g/mol. The van der Waals surface area contributed by atoms with Gasteiger partial charge in [-0.25, -0.2) is 4.68 Å². The summed E-state index contributed by atoms with van der Waals surface area (Å²) in [7, 11) is 0. The topological polar surface area (TPSA) is 43.8 Å². The Morgan fingerprint density at radius 1 is 1.10 bits per heavy atom. The van der Waals surface area contributed by atoms with Crippen molar-refractivity contribution in [3.05, 3.63) is 46.8 Å². The molecule has 2 N–H and O–H groups in total. The largest absolute Gasteiger partial charge is 0.433 e. The molecule has 0 saturated carbocycles. The van der Waals surface area contributed by atoms with Crippen LogP contribution in [0.1, 0.15) is 36.2 Å². The number of benzene rings is 1. The van der Waals surface area contributed by atoms with Crippen LogP contribution in [0.4, 0.5) is 13.2 Å². The summed E-state index contributed by atoms with van der Waals surface area (Å²) in [6.07, 6.45) is -3.33. The Kier molecular flexibility index (Phi) is 3.61. The lowest BCUT2D eigenvalue weighted by Crippen LogP contribution is -2.32. The first-order valence-electron chi connectivity index (χ1n) is 6.54. The van der Waals surface area contributed by atoms with Crippen molar-refractivity contribution in [2.75, 3.05) is 0 Å². The molecule has 0 unspecified atom stereocenters. The maximum absolute atomic E-state index is 13.5. The highest BCUT2D eigenvalue weighted by atomic mass is 19.4. The van der Waals surface area contributed by atoms with E-state index < -0.39 is 17.4 Å². The van der Waals surface area contributed by atoms with Crippen LogP contribution in [0.15, 0.2) is 24.4 Å². The first-order valence-corrected chi connectivity index (χ1v) is 6.54. The number of hydrogen-bond acceptors (Lipinski definition) is 2. The molecule has 0 aliphatic carbocycles. The molecule has 6 heteroatoms. The summed E-state index contributed by atoms with van der Waals surface area (Å²) < 4.78 is 41.5. The highest BCUT2D eigenvalue weighted by Gasteiger charge is 2.41. The summed E-state index contributed by atoms with van der Waals surface area (Å²) in [6, 6.07) is 5.33. The zero-order chi connectivity index (χ0) is 16.0. The fraction of sp³-hybridized carbons (Fsp3) is 0.400. The van der Waals surface area contributed by atoms with E-state index in [1.807, 2.05) is 0 Å². The molecule has 1 aromatic heterocycles. The van der Waals surface area contributed by atoms with Gasteiger partial charge in [0.25, 0.3) is 0 Å². The van der Waals surface area contributed by atoms with Gasteiger partial charge >= 0.3 is 6.18 Å². The fourth-order valence-electron chi connectivity index (χ4n) is 2.40. The van der Waals surface area contributed by atoms with Crippen molar-refractivity contribution in [1.29, 1.82) is 0 Å². The minimum Gasteiger partial charge on any atom is -0.322 e. The van der Waals surface area contributed by atoms with Crippen molar-refractivity contribution in [3.63, 3.8) is 0 Å². The van der Waals surface area contributed by atoms with Crippen molar-refractivity contribution >= 4 is 0 Å². The van der Waals surface area contributed by atoms with E-state index in [1.54, 1.807) is 32.0 Å². The van der Waals surface area contributed by atoms with Crippen LogP contribution in [0.5, 0.6) is 0 Å². The third-order valence-electron chi connectivity index (χ3n) is 3.38. The molecule has 21 heavy (non-hydrogen) atoms. The molecule has 0 fully saturated rings. The van der Waals surface area contributed by atoms with Crippen molar-refractivity contribution < 1.29 is 13.2 Å². The van der Waals surface area contributed by atoms with E-state index in [2.05, 4.69) is 5.10 Å². The molecule has 114 valence electrons. The molecule has 1 aromatic carbocycles. The minimum absolute atomic E-state index is 0.0161. The van der Waals surface area contributed by atoms with E-state index in [0.29, 0.717) is 5.69 Å². The summed E-state index contributed by atoms with van der Waals surface area (Å²) in [5.41, 5.74) is 5.81. The number of nitrogens with zero attached hydrogens (tertiary/aromatic N) is 2. The van der Waals surface area contributed by atoms with E-state index >= 15 is 0 Å². The average Bonchev–Trinajstić information content (AvgIpc) is 2.72. The summed E-state index contributed by atoms with van der Waals surface area (Å²) in [4.78, 5) is 0. The molecule has 3 nitrogen and oxygen atoms in total. The Morgan fingerprint density at radius 3 is 2.05 bits per heavy atom. The zero-order valence-corrected chi connectivity index (χ0v) is 12.4. The number of aromatic nitrogens is 2. The standard InChI is InChI=1S/C15H18F3N3/c1-9-6-5-7-10(2)12(9)21-13(15(16,17)18)11(8-20-21)14(3,4)19/h5-8H,19H2,1-4H3. The molecule has 0 radical (unpaired) electrons. The van der Waals surface area contributed by atoms with Gasteiger partial charge in [0.1, 0.15) is 0 Å². The first-order chi connectivity index (χ1) is 9.53. The molecule has 0 amide bonds. The fourth-order valence-corrected chi connectivity index (χ4v) is 2.40. The second-order valence-electron chi connectivity index (χ2n) is 5.78. The molecule has 0 aliphatic heterocycles. The maximum atomic E-state index is 13.5. The Balaban J connectivity index is 2.80. The lowest BCUT2D eigenvalue weighted by atomic mass is 9.95. The Labute approximate surface area is 121 Å². The highest BCUT2D eigenvalue weighted by Crippen LogP contribution is 2.38. The third-order valence-corrected chi connectivity index (χ3v) is 3.38. The maximum Gasteiger partial charge on any atom is 0.433 e. The molecule has 0 aliphatic rings. The quantitative estimate of drug-likeness (QED) is 0.918. The first kappa shape index (κ1) is 15.6. The van der Waals surface area contributed by atoms with Crippen LogP contribution >= 0.6 is 0 Å². The number of aryl methyl sites for hydroxylation is 2. The predicted octanol–water partition coefficient (Wildman–Crippen LogP) is 3.70. The molecule has 2 aromatic rings. The van der Waals surface area contributed by atoms with Gasteiger partial charge < -0.3 is 5.73 Å². The lowest BCUT2D eigenvalue weighted by Gasteiger charge is -2.22. The molecule has 1 heterocycles. The van der Waals surface area contributed by atoms with Crippen molar-refractivity contribution in [2.45, 2.75) is 39.4 Å². The van der Waals surface area contributed by atoms with E-state index in [4.69, 9.17) is 5.73 Å². The summed E-state index contributed by atoms with van der Waals surface area (Å²) in [5, 5.41) is 3.96. The van der Waals surface area contributed by atoms with E-state index in [1.165, 1.54) is 20.0 Å². The summed E-state index contributed by atoms with van der Waals surface area (Å²) >= 11 is 0. The van der Waals surface area contributed by atoms with Crippen molar-refractivity contribution in [2.24, 2.45) is 5.73 Å². The number of halogens is 3. The SMILES string of the molecule is Cc1cccc(C)c1-n1ncc(C(C)(C)N)c1C(F)(F)F. The molecule has 2 rings (SSSR count). The van der Waals surface area contributed by atoms with Gasteiger partial charge in [0, 0.05) is 11.1 Å². The van der Waals surface area contributed by atoms with Crippen LogP contribution in [-0.2, 0) is 11.7 Å². The van der Waals surface area contributed by atoms with Crippen LogP contribution < -0.4 is 5.73 Å². The smallest absolute Gasteiger partial charge is 0.322 e. The Hall–Kier alpha value is -1.82. The van der Waals surface area contributed by atoms with Crippen molar-refractivity contribution in [3.8, 4) is 5.69 Å². The number of alkyl halides is 3. The number of nitrogens with two attached hydrogens (primary N) is 1. The van der Waals surface area contributed by atoms with Crippen LogP contribution in [0, 0.1) is 13.8 Å². The van der Waals surface area contributed by atoms with Gasteiger partial charge in [0.2, 0.25) is 0 Å². The van der Waals surface area contributed by atoms with Crippen LogP contribution in [0.3, 0.4) is 0 Å². The summed E-state index contributed by atoms with van der Waals surface area (Å²) in [6.45, 7) is 6.59. The number of rotatable bonds is 2. The van der Waals surface area contributed by atoms with Gasteiger partial charge in [-0.1, -0.05) is 18.2 Å².